The van der Waals surface area contributed by atoms with Crippen molar-refractivity contribution in [2.45, 2.75) is 23.0 Å². The first-order chi connectivity index (χ1) is 9.93. The Balaban J connectivity index is 1.64. The molecule has 7 rings (SSSR count). The molecule has 1 aliphatic heterocycles. The monoisotopic (exact) mass is 294 g/mol. The summed E-state index contributed by atoms with van der Waals surface area (Å²) in [6.45, 7) is 0. The molecule has 2 heterocycles. The van der Waals surface area contributed by atoms with Gasteiger partial charge in [0.05, 0.1) is 0 Å². The fourth-order valence-electron chi connectivity index (χ4n) is 5.61. The Kier molecular flexibility index (Phi) is 1.74. The molecule has 0 nitrogen and oxygen atoms in total. The van der Waals surface area contributed by atoms with Crippen LogP contribution in [0.15, 0.2) is 52.6 Å². The van der Waals surface area contributed by atoms with Crippen LogP contribution in [0.3, 0.4) is 0 Å². The van der Waals surface area contributed by atoms with Crippen LogP contribution >= 0.6 is 23.1 Å². The first-order valence-electron chi connectivity index (χ1n) is 7.37. The van der Waals surface area contributed by atoms with Crippen LogP contribution < -0.4 is 0 Å². The Bertz CT molecular complexity index is 745. The molecule has 0 N–H and O–H groups in total. The molecule has 6 atom stereocenters. The molecule has 2 heteroatoms. The van der Waals surface area contributed by atoms with Gasteiger partial charge in [-0.15, -0.1) is 11.8 Å². The fourth-order valence-corrected chi connectivity index (χ4v) is 7.91. The van der Waals surface area contributed by atoms with Gasteiger partial charge in [-0.3, -0.25) is 0 Å². The summed E-state index contributed by atoms with van der Waals surface area (Å²) in [6, 6.07) is 11.6. The summed E-state index contributed by atoms with van der Waals surface area (Å²) < 4.78 is 0. The first-order valence-corrected chi connectivity index (χ1v) is 9.25. The summed E-state index contributed by atoms with van der Waals surface area (Å²) in [4.78, 5) is 0. The molecular formula is C18H14S2. The Morgan fingerprint density at radius 1 is 1.00 bits per heavy atom. The van der Waals surface area contributed by atoms with Gasteiger partial charge in [0.2, 0.25) is 0 Å². The van der Waals surface area contributed by atoms with Crippen LogP contribution in [0.2, 0.25) is 0 Å². The maximum absolute atomic E-state index is 2.56. The van der Waals surface area contributed by atoms with E-state index in [-0.39, 0.29) is 0 Å². The summed E-state index contributed by atoms with van der Waals surface area (Å²) in [5.74, 6) is 3.16. The van der Waals surface area contributed by atoms with Crippen molar-refractivity contribution in [1.29, 1.82) is 0 Å². The molecule has 2 aromatic rings. The molecule has 0 saturated heterocycles. The van der Waals surface area contributed by atoms with Gasteiger partial charge in [0, 0.05) is 16.6 Å². The summed E-state index contributed by atoms with van der Waals surface area (Å²) in [7, 11) is 0. The molecule has 0 radical (unpaired) electrons. The van der Waals surface area contributed by atoms with E-state index in [4.69, 9.17) is 0 Å². The van der Waals surface area contributed by atoms with Crippen LogP contribution in [0.25, 0.3) is 0 Å². The predicted octanol–water partition coefficient (Wildman–Crippen LogP) is 4.97. The number of thiophene rings is 1. The highest BCUT2D eigenvalue weighted by Gasteiger charge is 2.81. The minimum atomic E-state index is 0.510. The number of thioether (sulfide) groups is 1. The Morgan fingerprint density at radius 3 is 2.75 bits per heavy atom. The van der Waals surface area contributed by atoms with E-state index in [1.54, 1.807) is 16.7 Å². The lowest BCUT2D eigenvalue weighted by molar-refractivity contribution is 0.476. The molecule has 1 unspecified atom stereocenters. The molecule has 20 heavy (non-hydrogen) atoms. The minimum absolute atomic E-state index is 0.510. The second-order valence-electron chi connectivity index (χ2n) is 6.60. The summed E-state index contributed by atoms with van der Waals surface area (Å²) in [5.41, 5.74) is 5.43. The topological polar surface area (TPSA) is 0 Å². The molecule has 1 spiro atoms. The van der Waals surface area contributed by atoms with Gasteiger partial charge in [0.15, 0.2) is 0 Å². The van der Waals surface area contributed by atoms with E-state index in [2.05, 4.69) is 64.3 Å². The molecule has 2 fully saturated rings. The van der Waals surface area contributed by atoms with Crippen molar-refractivity contribution in [2.24, 2.45) is 11.3 Å². The largest absolute Gasteiger partial charge is 0.152 e. The molecule has 5 aliphatic rings. The zero-order chi connectivity index (χ0) is 12.9. The smallest absolute Gasteiger partial charge is 0.0263 e. The zero-order valence-corrected chi connectivity index (χ0v) is 12.5. The molecular weight excluding hydrogens is 280 g/mol. The normalized spacial score (nSPS) is 45.3. The summed E-state index contributed by atoms with van der Waals surface area (Å²) in [6.07, 6.45) is 2.56. The molecule has 4 bridgehead atoms. The van der Waals surface area contributed by atoms with E-state index in [0.29, 0.717) is 5.41 Å². The number of rotatable bonds is 1. The van der Waals surface area contributed by atoms with Crippen LogP contribution in [0, 0.1) is 11.3 Å². The fraction of sp³-hybridized carbons (Fsp3) is 0.333. The summed E-state index contributed by atoms with van der Waals surface area (Å²) in [5, 5.41) is 7.84. The number of allylic oxidation sites excluding steroid dienone is 1. The van der Waals surface area contributed by atoms with Crippen molar-refractivity contribution >= 4 is 23.1 Å². The van der Waals surface area contributed by atoms with Gasteiger partial charge in [-0.05, 0) is 56.7 Å². The highest BCUT2D eigenvalue weighted by molar-refractivity contribution is 8.03. The van der Waals surface area contributed by atoms with Crippen molar-refractivity contribution < 1.29 is 0 Å². The minimum Gasteiger partial charge on any atom is -0.152 e. The third-order valence-electron chi connectivity index (χ3n) is 6.16. The average molecular weight is 294 g/mol. The third-order valence-corrected chi connectivity index (χ3v) is 8.15. The lowest BCUT2D eigenvalue weighted by atomic mass is 9.70. The van der Waals surface area contributed by atoms with Gasteiger partial charge in [0.25, 0.3) is 0 Å². The van der Waals surface area contributed by atoms with Gasteiger partial charge in [-0.1, -0.05) is 30.3 Å². The average Bonchev–Trinajstić information content (AvgIpc) is 2.92. The van der Waals surface area contributed by atoms with Crippen molar-refractivity contribution in [3.8, 4) is 0 Å². The second-order valence-corrected chi connectivity index (χ2v) is 8.43. The van der Waals surface area contributed by atoms with Crippen molar-refractivity contribution in [2.75, 3.05) is 0 Å². The molecule has 2 saturated carbocycles. The van der Waals surface area contributed by atoms with Gasteiger partial charge < -0.3 is 0 Å². The van der Waals surface area contributed by atoms with Crippen LogP contribution in [0.1, 0.15) is 34.4 Å². The lowest BCUT2D eigenvalue weighted by Crippen LogP contribution is -2.28. The number of hydrogen-bond donors (Lipinski definition) is 0. The second kappa shape index (κ2) is 3.26. The maximum atomic E-state index is 2.56. The lowest BCUT2D eigenvalue weighted by Gasteiger charge is -2.37. The standard InChI is InChI=1S/C18H14S2/c1-2-4-12-11(3-1)14-13(10-5-7-19-9-10)16-15(12)18(16)6-8-20-17(14)18/h1-9,13-17H/t13-,14+,15-,16+,17-,18?/m0/s1. The number of hydrogen-bond acceptors (Lipinski definition) is 2. The first kappa shape index (κ1) is 10.7. The van der Waals surface area contributed by atoms with E-state index in [9.17, 15) is 0 Å². The Morgan fingerprint density at radius 2 is 1.90 bits per heavy atom. The van der Waals surface area contributed by atoms with Gasteiger partial charge in [0.1, 0.15) is 0 Å². The predicted molar refractivity (Wildman–Crippen MR) is 85.4 cm³/mol. The highest BCUT2D eigenvalue weighted by atomic mass is 32.2. The van der Waals surface area contributed by atoms with Crippen LogP contribution in [0.5, 0.6) is 0 Å². The number of benzene rings is 1. The molecule has 1 aromatic heterocycles. The van der Waals surface area contributed by atoms with Gasteiger partial charge in [-0.25, -0.2) is 0 Å². The Labute approximate surface area is 126 Å². The zero-order valence-electron chi connectivity index (χ0n) is 10.9. The van der Waals surface area contributed by atoms with Crippen LogP contribution in [-0.4, -0.2) is 5.25 Å². The van der Waals surface area contributed by atoms with Gasteiger partial charge in [-0.2, -0.15) is 11.3 Å². The quantitative estimate of drug-likeness (QED) is 0.715. The maximum Gasteiger partial charge on any atom is 0.0263 e. The van der Waals surface area contributed by atoms with Crippen molar-refractivity contribution in [3.63, 3.8) is 0 Å². The molecule has 98 valence electrons. The van der Waals surface area contributed by atoms with Crippen molar-refractivity contribution in [1.82, 2.24) is 0 Å². The van der Waals surface area contributed by atoms with Crippen molar-refractivity contribution in [3.05, 3.63) is 69.3 Å². The summed E-state index contributed by atoms with van der Waals surface area (Å²) >= 11 is 3.96. The SMILES string of the molecule is C1=CC23[C@@H]4[C@@H](c5ccsc5)[C@@H](c5ccccc5[C@@H]42)[C@@H]3S1. The van der Waals surface area contributed by atoms with E-state index < -0.39 is 0 Å². The van der Waals surface area contributed by atoms with Crippen LogP contribution in [-0.2, 0) is 0 Å². The Hall–Kier alpha value is -0.990. The molecule has 0 amide bonds. The van der Waals surface area contributed by atoms with Crippen LogP contribution in [0.4, 0.5) is 0 Å². The van der Waals surface area contributed by atoms with E-state index in [0.717, 1.165) is 28.9 Å². The highest BCUT2D eigenvalue weighted by Crippen LogP contribution is 2.88. The molecule has 4 aliphatic carbocycles. The van der Waals surface area contributed by atoms with Gasteiger partial charge >= 0.3 is 0 Å². The van der Waals surface area contributed by atoms with E-state index in [1.807, 2.05) is 11.3 Å². The van der Waals surface area contributed by atoms with E-state index in [1.165, 1.54) is 0 Å². The third kappa shape index (κ3) is 0.943. The van der Waals surface area contributed by atoms with E-state index >= 15 is 0 Å². The molecule has 1 aromatic carbocycles.